The number of amides is 2. The lowest BCUT2D eigenvalue weighted by molar-refractivity contribution is -0.130. The summed E-state index contributed by atoms with van der Waals surface area (Å²) in [4.78, 5) is 25.7. The highest BCUT2D eigenvalue weighted by atomic mass is 35.5. The van der Waals surface area contributed by atoms with Crippen LogP contribution in [0.3, 0.4) is 0 Å². The molecule has 4 nitrogen and oxygen atoms in total. The molecule has 0 heterocycles. The van der Waals surface area contributed by atoms with Crippen LogP contribution in [0.15, 0.2) is 12.1 Å². The van der Waals surface area contributed by atoms with E-state index in [0.717, 1.165) is 11.1 Å². The molecule has 0 spiro atoms. The summed E-state index contributed by atoms with van der Waals surface area (Å²) in [5.41, 5.74) is 2.52. The summed E-state index contributed by atoms with van der Waals surface area (Å²) in [5, 5.41) is 3.19. The molecule has 0 aliphatic rings. The Morgan fingerprint density at radius 2 is 1.71 bits per heavy atom. The molecule has 1 N–H and O–H groups in total. The predicted molar refractivity (Wildman–Crippen MR) is 85.8 cm³/mol. The van der Waals surface area contributed by atoms with Crippen molar-refractivity contribution in [2.45, 2.75) is 34.1 Å². The second-order valence-electron chi connectivity index (χ2n) is 4.99. The fraction of sp³-hybridized carbons (Fsp3) is 0.500. The van der Waals surface area contributed by atoms with Crippen molar-refractivity contribution >= 4 is 23.4 Å². The van der Waals surface area contributed by atoms with Gasteiger partial charge < -0.3 is 10.2 Å². The van der Waals surface area contributed by atoms with Gasteiger partial charge in [-0.1, -0.05) is 11.6 Å². The number of hydrogen-bond donors (Lipinski definition) is 1. The molecule has 1 aromatic rings. The van der Waals surface area contributed by atoms with Crippen molar-refractivity contribution in [3.05, 3.63) is 33.8 Å². The second kappa shape index (κ2) is 8.03. The van der Waals surface area contributed by atoms with Crippen molar-refractivity contribution in [1.82, 2.24) is 10.2 Å². The van der Waals surface area contributed by atoms with E-state index in [-0.39, 0.29) is 11.8 Å². The van der Waals surface area contributed by atoms with Gasteiger partial charge in [-0.3, -0.25) is 9.59 Å². The molecular formula is C16H23ClN2O2. The third-order valence-electron chi connectivity index (χ3n) is 3.57. The Hall–Kier alpha value is -1.55. The first-order valence-electron chi connectivity index (χ1n) is 7.23. The molecule has 1 aromatic carbocycles. The fourth-order valence-corrected chi connectivity index (χ4v) is 2.37. The highest BCUT2D eigenvalue weighted by Crippen LogP contribution is 2.20. The topological polar surface area (TPSA) is 49.4 Å². The lowest BCUT2D eigenvalue weighted by Gasteiger charge is -2.18. The Balaban J connectivity index is 2.59. The molecule has 116 valence electrons. The molecule has 0 aliphatic heterocycles. The molecule has 0 bridgehead atoms. The predicted octanol–water partition coefficient (Wildman–Crippen LogP) is 2.95. The summed E-state index contributed by atoms with van der Waals surface area (Å²) in [6.45, 7) is 9.46. The van der Waals surface area contributed by atoms with E-state index in [4.69, 9.17) is 11.6 Å². The maximum Gasteiger partial charge on any atom is 0.252 e. The van der Waals surface area contributed by atoms with Gasteiger partial charge in [0.25, 0.3) is 5.91 Å². The fourth-order valence-electron chi connectivity index (χ4n) is 2.07. The van der Waals surface area contributed by atoms with E-state index in [1.165, 1.54) is 0 Å². The number of halogens is 1. The van der Waals surface area contributed by atoms with Gasteiger partial charge in [-0.25, -0.2) is 0 Å². The zero-order valence-electron chi connectivity index (χ0n) is 13.1. The van der Waals surface area contributed by atoms with E-state index >= 15 is 0 Å². The second-order valence-corrected chi connectivity index (χ2v) is 5.40. The first kappa shape index (κ1) is 17.5. The summed E-state index contributed by atoms with van der Waals surface area (Å²) in [6.07, 6.45) is 0.301. The molecule has 0 unspecified atom stereocenters. The summed E-state index contributed by atoms with van der Waals surface area (Å²) in [5.74, 6) is -0.193. The number of hydrogen-bond acceptors (Lipinski definition) is 2. The molecule has 0 saturated heterocycles. The van der Waals surface area contributed by atoms with Gasteiger partial charge in [0.1, 0.15) is 0 Å². The van der Waals surface area contributed by atoms with Gasteiger partial charge in [0.05, 0.1) is 10.6 Å². The largest absolute Gasteiger partial charge is 0.351 e. The van der Waals surface area contributed by atoms with Gasteiger partial charge in [0.15, 0.2) is 0 Å². The number of nitrogens with one attached hydrogen (secondary N) is 1. The van der Waals surface area contributed by atoms with Crippen LogP contribution in [-0.2, 0) is 4.79 Å². The molecule has 21 heavy (non-hydrogen) atoms. The molecule has 0 saturated carbocycles. The molecule has 0 aromatic heterocycles. The average Bonchev–Trinajstić information content (AvgIpc) is 2.44. The molecule has 2 amide bonds. The van der Waals surface area contributed by atoms with Crippen LogP contribution in [0, 0.1) is 13.8 Å². The van der Waals surface area contributed by atoms with E-state index in [9.17, 15) is 9.59 Å². The molecule has 0 aliphatic carbocycles. The number of nitrogens with zero attached hydrogens (tertiary/aromatic N) is 1. The van der Waals surface area contributed by atoms with Gasteiger partial charge in [-0.15, -0.1) is 0 Å². The van der Waals surface area contributed by atoms with Crippen molar-refractivity contribution in [3.63, 3.8) is 0 Å². The number of carbonyl (C=O) groups is 2. The quantitative estimate of drug-likeness (QED) is 0.878. The Bertz CT molecular complexity index is 525. The molecule has 1 rings (SSSR count). The van der Waals surface area contributed by atoms with Crippen LogP contribution in [0.1, 0.15) is 41.8 Å². The third kappa shape index (κ3) is 4.74. The van der Waals surface area contributed by atoms with Gasteiger partial charge >= 0.3 is 0 Å². The lowest BCUT2D eigenvalue weighted by atomic mass is 10.1. The van der Waals surface area contributed by atoms with Crippen LogP contribution in [0.5, 0.6) is 0 Å². The van der Waals surface area contributed by atoms with E-state index in [2.05, 4.69) is 5.32 Å². The zero-order valence-corrected chi connectivity index (χ0v) is 13.9. The van der Waals surface area contributed by atoms with Crippen LogP contribution < -0.4 is 5.32 Å². The summed E-state index contributed by atoms with van der Waals surface area (Å²) in [7, 11) is 0. The molecule has 5 heteroatoms. The number of aryl methyl sites for hydroxylation is 2. The van der Waals surface area contributed by atoms with E-state index in [1.54, 1.807) is 17.0 Å². The third-order valence-corrected chi connectivity index (χ3v) is 3.88. The maximum atomic E-state index is 12.1. The van der Waals surface area contributed by atoms with Gasteiger partial charge in [0, 0.05) is 26.1 Å². The molecule has 0 radical (unpaired) electrons. The van der Waals surface area contributed by atoms with Crippen molar-refractivity contribution in [3.8, 4) is 0 Å². The Morgan fingerprint density at radius 1 is 1.14 bits per heavy atom. The van der Waals surface area contributed by atoms with E-state index in [1.807, 2.05) is 27.7 Å². The first-order chi connectivity index (χ1) is 9.90. The highest BCUT2D eigenvalue weighted by molar-refractivity contribution is 6.34. The van der Waals surface area contributed by atoms with Crippen molar-refractivity contribution in [2.75, 3.05) is 19.6 Å². The van der Waals surface area contributed by atoms with Crippen LogP contribution >= 0.6 is 11.6 Å². The molecular weight excluding hydrogens is 288 g/mol. The first-order valence-corrected chi connectivity index (χ1v) is 7.61. The van der Waals surface area contributed by atoms with Gasteiger partial charge in [-0.2, -0.15) is 0 Å². The molecule has 0 fully saturated rings. The van der Waals surface area contributed by atoms with Gasteiger partial charge in [0.2, 0.25) is 5.91 Å². The minimum Gasteiger partial charge on any atom is -0.351 e. The average molecular weight is 311 g/mol. The van der Waals surface area contributed by atoms with E-state index < -0.39 is 0 Å². The van der Waals surface area contributed by atoms with Crippen molar-refractivity contribution in [1.29, 1.82) is 0 Å². The van der Waals surface area contributed by atoms with Crippen LogP contribution in [0.25, 0.3) is 0 Å². The van der Waals surface area contributed by atoms with Crippen LogP contribution in [0.2, 0.25) is 5.02 Å². The zero-order chi connectivity index (χ0) is 16.0. The monoisotopic (exact) mass is 310 g/mol. The van der Waals surface area contributed by atoms with Gasteiger partial charge in [-0.05, 0) is 51.0 Å². The smallest absolute Gasteiger partial charge is 0.252 e. The van der Waals surface area contributed by atoms with Crippen LogP contribution in [-0.4, -0.2) is 36.3 Å². The standard InChI is InChI=1S/C16H23ClN2O2/c1-5-19(6-2)15(20)7-8-18-16(21)13-9-11(3)12(4)10-14(13)17/h9-10H,5-8H2,1-4H3,(H,18,21). The number of benzene rings is 1. The minimum atomic E-state index is -0.240. The maximum absolute atomic E-state index is 12.1. The van der Waals surface area contributed by atoms with Crippen molar-refractivity contribution < 1.29 is 9.59 Å². The summed E-state index contributed by atoms with van der Waals surface area (Å²) in [6, 6.07) is 3.56. The number of carbonyl (C=O) groups excluding carboxylic acids is 2. The minimum absolute atomic E-state index is 0.0477. The van der Waals surface area contributed by atoms with E-state index in [0.29, 0.717) is 36.6 Å². The Labute approximate surface area is 131 Å². The Kier molecular flexibility index (Phi) is 6.69. The normalized spacial score (nSPS) is 10.3. The highest BCUT2D eigenvalue weighted by Gasteiger charge is 2.13. The summed E-state index contributed by atoms with van der Waals surface area (Å²) < 4.78 is 0. The Morgan fingerprint density at radius 3 is 2.29 bits per heavy atom. The molecule has 0 atom stereocenters. The lowest BCUT2D eigenvalue weighted by Crippen LogP contribution is -2.34. The summed E-state index contributed by atoms with van der Waals surface area (Å²) >= 11 is 6.10. The SMILES string of the molecule is CCN(CC)C(=O)CCNC(=O)c1cc(C)c(C)cc1Cl. The van der Waals surface area contributed by atoms with Crippen molar-refractivity contribution in [2.24, 2.45) is 0 Å². The number of rotatable bonds is 6. The van der Waals surface area contributed by atoms with Crippen LogP contribution in [0.4, 0.5) is 0 Å².